The zero-order valence-corrected chi connectivity index (χ0v) is 14.8. The lowest BCUT2D eigenvalue weighted by molar-refractivity contribution is -0.131. The number of nitrogens with zero attached hydrogens (tertiary/aromatic N) is 3. The summed E-state index contributed by atoms with van der Waals surface area (Å²) in [6, 6.07) is 15.0. The highest BCUT2D eigenvalue weighted by molar-refractivity contribution is 5.97. The molecule has 6 heteroatoms. The van der Waals surface area contributed by atoms with Crippen molar-refractivity contribution in [2.75, 3.05) is 31.1 Å². The fourth-order valence-electron chi connectivity index (χ4n) is 2.87. The van der Waals surface area contributed by atoms with Crippen molar-refractivity contribution in [3.8, 4) is 0 Å². The van der Waals surface area contributed by atoms with Crippen LogP contribution in [0.3, 0.4) is 0 Å². The number of halogens is 1. The summed E-state index contributed by atoms with van der Waals surface area (Å²) in [5, 5.41) is 0. The van der Waals surface area contributed by atoms with Gasteiger partial charge >= 0.3 is 0 Å². The SMILES string of the molecule is Cl.O=C(CCC(=O)N1CCN(c2ccccn2)CC1)c1ccccc1. The summed E-state index contributed by atoms with van der Waals surface area (Å²) in [7, 11) is 0. The van der Waals surface area contributed by atoms with Crippen LogP contribution in [0.2, 0.25) is 0 Å². The van der Waals surface area contributed by atoms with Crippen molar-refractivity contribution >= 4 is 29.9 Å². The molecule has 0 atom stereocenters. The highest BCUT2D eigenvalue weighted by Crippen LogP contribution is 2.14. The fourth-order valence-corrected chi connectivity index (χ4v) is 2.87. The first-order chi connectivity index (χ1) is 11.7. The second-order valence-electron chi connectivity index (χ2n) is 5.84. The first kappa shape index (κ1) is 18.9. The van der Waals surface area contributed by atoms with Crippen LogP contribution in [0.1, 0.15) is 23.2 Å². The summed E-state index contributed by atoms with van der Waals surface area (Å²) in [4.78, 5) is 32.8. The zero-order valence-electron chi connectivity index (χ0n) is 14.0. The monoisotopic (exact) mass is 359 g/mol. The van der Waals surface area contributed by atoms with E-state index in [0.29, 0.717) is 18.7 Å². The maximum absolute atomic E-state index is 12.3. The number of anilines is 1. The molecule has 2 aromatic rings. The van der Waals surface area contributed by atoms with Crippen LogP contribution in [0.5, 0.6) is 0 Å². The molecule has 1 aromatic heterocycles. The van der Waals surface area contributed by atoms with Crippen LogP contribution in [0.4, 0.5) is 5.82 Å². The summed E-state index contributed by atoms with van der Waals surface area (Å²) < 4.78 is 0. The third-order valence-corrected chi connectivity index (χ3v) is 4.27. The summed E-state index contributed by atoms with van der Waals surface area (Å²) in [5.74, 6) is 1.03. The van der Waals surface area contributed by atoms with Crippen molar-refractivity contribution < 1.29 is 9.59 Å². The second-order valence-corrected chi connectivity index (χ2v) is 5.84. The molecule has 0 saturated carbocycles. The molecule has 25 heavy (non-hydrogen) atoms. The van der Waals surface area contributed by atoms with Gasteiger partial charge in [0.05, 0.1) is 0 Å². The van der Waals surface area contributed by atoms with Crippen molar-refractivity contribution in [1.82, 2.24) is 9.88 Å². The second kappa shape index (κ2) is 9.18. The van der Waals surface area contributed by atoms with Gasteiger partial charge in [-0.25, -0.2) is 4.98 Å². The highest BCUT2D eigenvalue weighted by atomic mass is 35.5. The van der Waals surface area contributed by atoms with Crippen LogP contribution in [0.15, 0.2) is 54.7 Å². The van der Waals surface area contributed by atoms with Crippen LogP contribution in [-0.4, -0.2) is 47.8 Å². The van der Waals surface area contributed by atoms with E-state index in [-0.39, 0.29) is 36.9 Å². The number of amides is 1. The van der Waals surface area contributed by atoms with Crippen molar-refractivity contribution in [1.29, 1.82) is 0 Å². The predicted octanol–water partition coefficient (Wildman–Crippen LogP) is 2.82. The number of carbonyl (C=O) groups is 2. The van der Waals surface area contributed by atoms with E-state index in [0.717, 1.165) is 18.9 Å². The number of benzene rings is 1. The van der Waals surface area contributed by atoms with Crippen LogP contribution < -0.4 is 4.90 Å². The summed E-state index contributed by atoms with van der Waals surface area (Å²) >= 11 is 0. The number of carbonyl (C=O) groups excluding carboxylic acids is 2. The average Bonchev–Trinajstić information content (AvgIpc) is 2.67. The molecule has 0 unspecified atom stereocenters. The molecule has 0 bridgehead atoms. The van der Waals surface area contributed by atoms with Crippen molar-refractivity contribution in [3.63, 3.8) is 0 Å². The molecule has 5 nitrogen and oxygen atoms in total. The first-order valence-corrected chi connectivity index (χ1v) is 8.26. The Morgan fingerprint density at radius 1 is 0.880 bits per heavy atom. The average molecular weight is 360 g/mol. The minimum Gasteiger partial charge on any atom is -0.353 e. The van der Waals surface area contributed by atoms with Gasteiger partial charge in [-0.3, -0.25) is 9.59 Å². The molecule has 1 amide bonds. The van der Waals surface area contributed by atoms with Gasteiger partial charge in [0.1, 0.15) is 5.82 Å². The number of hydrogen-bond acceptors (Lipinski definition) is 4. The van der Waals surface area contributed by atoms with E-state index in [1.807, 2.05) is 41.3 Å². The van der Waals surface area contributed by atoms with Crippen LogP contribution in [-0.2, 0) is 4.79 Å². The lowest BCUT2D eigenvalue weighted by atomic mass is 10.1. The van der Waals surface area contributed by atoms with Crippen molar-refractivity contribution in [2.24, 2.45) is 0 Å². The Hall–Kier alpha value is -2.40. The number of piperazine rings is 1. The molecule has 2 heterocycles. The topological polar surface area (TPSA) is 53.5 Å². The number of pyridine rings is 1. The molecule has 0 radical (unpaired) electrons. The molecule has 3 rings (SSSR count). The molecular formula is C19H22ClN3O2. The maximum atomic E-state index is 12.3. The maximum Gasteiger partial charge on any atom is 0.223 e. The zero-order chi connectivity index (χ0) is 16.8. The number of hydrogen-bond donors (Lipinski definition) is 0. The minimum absolute atomic E-state index is 0. The Morgan fingerprint density at radius 3 is 2.20 bits per heavy atom. The normalized spacial score (nSPS) is 13.9. The Labute approximate surface area is 154 Å². The molecule has 0 aliphatic carbocycles. The van der Waals surface area contributed by atoms with Gasteiger partial charge in [0.2, 0.25) is 5.91 Å². The van der Waals surface area contributed by atoms with E-state index in [1.165, 1.54) is 0 Å². The summed E-state index contributed by atoms with van der Waals surface area (Å²) in [6.45, 7) is 2.90. The van der Waals surface area contributed by atoms with Crippen molar-refractivity contribution in [3.05, 3.63) is 60.3 Å². The molecule has 1 aliphatic heterocycles. The standard InChI is InChI=1S/C19H21N3O2.ClH/c23-17(16-6-2-1-3-7-16)9-10-19(24)22-14-12-21(13-15-22)18-8-4-5-11-20-18;/h1-8,11H,9-10,12-15H2;1H. The quantitative estimate of drug-likeness (QED) is 0.770. The lowest BCUT2D eigenvalue weighted by Gasteiger charge is -2.35. The van der Waals surface area contributed by atoms with Gasteiger partial charge in [0, 0.05) is 50.8 Å². The Bertz CT molecular complexity index is 686. The smallest absolute Gasteiger partial charge is 0.223 e. The molecule has 0 N–H and O–H groups in total. The molecular weight excluding hydrogens is 338 g/mol. The van der Waals surface area contributed by atoms with Crippen molar-refractivity contribution in [2.45, 2.75) is 12.8 Å². The van der Waals surface area contributed by atoms with E-state index in [4.69, 9.17) is 0 Å². The van der Waals surface area contributed by atoms with Crippen LogP contribution >= 0.6 is 12.4 Å². The third kappa shape index (κ3) is 5.03. The fraction of sp³-hybridized carbons (Fsp3) is 0.316. The number of ketones is 1. The molecule has 0 spiro atoms. The Morgan fingerprint density at radius 2 is 1.56 bits per heavy atom. The molecule has 132 valence electrons. The number of rotatable bonds is 5. The number of aromatic nitrogens is 1. The van der Waals surface area contributed by atoms with Gasteiger partial charge < -0.3 is 9.80 Å². The first-order valence-electron chi connectivity index (χ1n) is 8.26. The minimum atomic E-state index is 0. The van der Waals surface area contributed by atoms with E-state index in [9.17, 15) is 9.59 Å². The van der Waals surface area contributed by atoms with Gasteiger partial charge in [0.25, 0.3) is 0 Å². The largest absolute Gasteiger partial charge is 0.353 e. The molecule has 1 aliphatic rings. The molecule has 1 fully saturated rings. The Balaban J connectivity index is 0.00000225. The summed E-state index contributed by atoms with van der Waals surface area (Å²) in [6.07, 6.45) is 2.32. The van der Waals surface area contributed by atoms with Gasteiger partial charge in [0.15, 0.2) is 5.78 Å². The van der Waals surface area contributed by atoms with Gasteiger partial charge in [-0.2, -0.15) is 0 Å². The van der Waals surface area contributed by atoms with E-state index in [1.54, 1.807) is 18.3 Å². The summed E-state index contributed by atoms with van der Waals surface area (Å²) in [5.41, 5.74) is 0.672. The molecule has 1 aromatic carbocycles. The lowest BCUT2D eigenvalue weighted by Crippen LogP contribution is -2.49. The van der Waals surface area contributed by atoms with E-state index >= 15 is 0 Å². The van der Waals surface area contributed by atoms with E-state index in [2.05, 4.69) is 9.88 Å². The Kier molecular flexibility index (Phi) is 6.95. The predicted molar refractivity (Wildman–Crippen MR) is 100 cm³/mol. The van der Waals surface area contributed by atoms with Gasteiger partial charge in [-0.1, -0.05) is 36.4 Å². The van der Waals surface area contributed by atoms with Gasteiger partial charge in [-0.05, 0) is 12.1 Å². The van der Waals surface area contributed by atoms with Gasteiger partial charge in [-0.15, -0.1) is 12.4 Å². The van der Waals surface area contributed by atoms with Crippen LogP contribution in [0.25, 0.3) is 0 Å². The highest BCUT2D eigenvalue weighted by Gasteiger charge is 2.22. The van der Waals surface area contributed by atoms with Crippen LogP contribution in [0, 0.1) is 0 Å². The van der Waals surface area contributed by atoms with E-state index < -0.39 is 0 Å². The number of Topliss-reactive ketones (excluding diaryl/α,β-unsaturated/α-hetero) is 1. The molecule has 1 saturated heterocycles. The third-order valence-electron chi connectivity index (χ3n) is 4.27.